The van der Waals surface area contributed by atoms with Crippen LogP contribution in [0.25, 0.3) is 11.4 Å². The molecule has 3 rings (SSSR count). The van der Waals surface area contributed by atoms with E-state index in [1.807, 2.05) is 16.7 Å². The predicted octanol–water partition coefficient (Wildman–Crippen LogP) is 3.35. The van der Waals surface area contributed by atoms with Crippen LogP contribution in [0.5, 0.6) is 0 Å². The lowest BCUT2D eigenvalue weighted by Crippen LogP contribution is -2.15. The summed E-state index contributed by atoms with van der Waals surface area (Å²) in [5.41, 5.74) is 1.88. The number of carbonyl (C=O) groups excluding carboxylic acids is 1. The number of pyridine rings is 1. The second-order valence-electron chi connectivity index (χ2n) is 5.69. The molecular weight excluding hydrogens is 360 g/mol. The Morgan fingerprint density at radius 2 is 2.00 bits per heavy atom. The smallest absolute Gasteiger partial charge is 0.234 e. The van der Waals surface area contributed by atoms with Gasteiger partial charge in [0.25, 0.3) is 0 Å². The molecule has 1 aromatic carbocycles. The highest BCUT2D eigenvalue weighted by atomic mass is 32.2. The number of aromatic nitrogens is 4. The Kier molecular flexibility index (Phi) is 6.18. The van der Waals surface area contributed by atoms with Crippen molar-refractivity contribution in [3.8, 4) is 17.5 Å². The summed E-state index contributed by atoms with van der Waals surface area (Å²) in [6.45, 7) is 2.84. The standard InChI is InChI=1S/C19H18N6OS/c1-2-11-25-18(14-7-9-21-10-8-14)23-24-19(25)27-13-17(26)22-16-6-4-3-5-15(16)12-20/h3-10H,2,11,13H2,1H3,(H,22,26). The van der Waals surface area contributed by atoms with Gasteiger partial charge in [-0.25, -0.2) is 0 Å². The Morgan fingerprint density at radius 1 is 1.22 bits per heavy atom. The van der Waals surface area contributed by atoms with Crippen LogP contribution in [0.15, 0.2) is 53.9 Å². The molecule has 0 fully saturated rings. The molecule has 7 nitrogen and oxygen atoms in total. The van der Waals surface area contributed by atoms with Crippen LogP contribution < -0.4 is 5.32 Å². The quantitative estimate of drug-likeness (QED) is 0.633. The molecular formula is C19H18N6OS. The third kappa shape index (κ3) is 4.51. The monoisotopic (exact) mass is 378 g/mol. The van der Waals surface area contributed by atoms with Gasteiger partial charge in [0, 0.05) is 24.5 Å². The summed E-state index contributed by atoms with van der Waals surface area (Å²) in [7, 11) is 0. The van der Waals surface area contributed by atoms with Crippen molar-refractivity contribution in [3.63, 3.8) is 0 Å². The summed E-state index contributed by atoms with van der Waals surface area (Å²) in [6.07, 6.45) is 4.35. The highest BCUT2D eigenvalue weighted by molar-refractivity contribution is 7.99. The van der Waals surface area contributed by atoms with Crippen molar-refractivity contribution < 1.29 is 4.79 Å². The van der Waals surface area contributed by atoms with Gasteiger partial charge < -0.3 is 9.88 Å². The van der Waals surface area contributed by atoms with Crippen molar-refractivity contribution in [1.29, 1.82) is 5.26 Å². The van der Waals surface area contributed by atoms with Gasteiger partial charge in [-0.2, -0.15) is 5.26 Å². The molecule has 0 spiro atoms. The predicted molar refractivity (Wildman–Crippen MR) is 104 cm³/mol. The van der Waals surface area contributed by atoms with Crippen molar-refractivity contribution in [2.75, 3.05) is 11.1 Å². The summed E-state index contributed by atoms with van der Waals surface area (Å²) in [5, 5.41) is 21.1. The van der Waals surface area contributed by atoms with Crippen LogP contribution in [-0.2, 0) is 11.3 Å². The molecule has 0 radical (unpaired) electrons. The number of para-hydroxylation sites is 1. The lowest BCUT2D eigenvalue weighted by atomic mass is 10.2. The van der Waals surface area contributed by atoms with E-state index >= 15 is 0 Å². The number of nitriles is 1. The third-order valence-electron chi connectivity index (χ3n) is 3.76. The molecule has 0 bridgehead atoms. The normalized spacial score (nSPS) is 10.4. The summed E-state index contributed by atoms with van der Waals surface area (Å²) < 4.78 is 2.01. The fourth-order valence-corrected chi connectivity index (χ4v) is 3.31. The minimum atomic E-state index is -0.195. The first kappa shape index (κ1) is 18.6. The van der Waals surface area contributed by atoms with E-state index in [4.69, 9.17) is 5.26 Å². The first-order valence-corrected chi connectivity index (χ1v) is 9.47. The Hall–Kier alpha value is -3.18. The lowest BCUT2D eigenvalue weighted by Gasteiger charge is -2.09. The second kappa shape index (κ2) is 8.96. The van der Waals surface area contributed by atoms with Gasteiger partial charge >= 0.3 is 0 Å². The zero-order chi connectivity index (χ0) is 19.1. The molecule has 136 valence electrons. The number of hydrogen-bond acceptors (Lipinski definition) is 6. The van der Waals surface area contributed by atoms with Crippen molar-refractivity contribution in [1.82, 2.24) is 19.7 Å². The minimum Gasteiger partial charge on any atom is -0.324 e. The SMILES string of the molecule is CCCn1c(SCC(=O)Nc2ccccc2C#N)nnc1-c1ccncc1. The molecule has 0 aliphatic rings. The topological polar surface area (TPSA) is 96.5 Å². The number of nitrogens with zero attached hydrogens (tertiary/aromatic N) is 5. The number of nitrogens with one attached hydrogen (secondary N) is 1. The maximum absolute atomic E-state index is 12.3. The van der Waals surface area contributed by atoms with Gasteiger partial charge in [0.05, 0.1) is 17.0 Å². The highest BCUT2D eigenvalue weighted by Gasteiger charge is 2.15. The minimum absolute atomic E-state index is 0.179. The average molecular weight is 378 g/mol. The van der Waals surface area contributed by atoms with Gasteiger partial charge in [0.1, 0.15) is 6.07 Å². The van der Waals surface area contributed by atoms with E-state index in [9.17, 15) is 4.79 Å². The zero-order valence-corrected chi connectivity index (χ0v) is 15.6. The molecule has 1 N–H and O–H groups in total. The van der Waals surface area contributed by atoms with E-state index in [1.165, 1.54) is 11.8 Å². The summed E-state index contributed by atoms with van der Waals surface area (Å²) in [4.78, 5) is 16.3. The second-order valence-corrected chi connectivity index (χ2v) is 6.63. The number of carbonyl (C=O) groups is 1. The van der Waals surface area contributed by atoms with E-state index in [0.717, 1.165) is 24.4 Å². The van der Waals surface area contributed by atoms with Crippen LogP contribution in [0.4, 0.5) is 5.69 Å². The Morgan fingerprint density at radius 3 is 2.74 bits per heavy atom. The van der Waals surface area contributed by atoms with Gasteiger partial charge in [0.15, 0.2) is 11.0 Å². The molecule has 0 unspecified atom stereocenters. The molecule has 0 atom stereocenters. The Balaban J connectivity index is 1.71. The molecule has 1 amide bonds. The molecule has 27 heavy (non-hydrogen) atoms. The van der Waals surface area contributed by atoms with Crippen LogP contribution in [0, 0.1) is 11.3 Å². The van der Waals surface area contributed by atoms with Gasteiger partial charge in [-0.15, -0.1) is 10.2 Å². The van der Waals surface area contributed by atoms with Crippen LogP contribution in [0.3, 0.4) is 0 Å². The van der Waals surface area contributed by atoms with E-state index < -0.39 is 0 Å². The largest absolute Gasteiger partial charge is 0.324 e. The summed E-state index contributed by atoms with van der Waals surface area (Å²) >= 11 is 1.32. The van der Waals surface area contributed by atoms with Crippen LogP contribution in [-0.4, -0.2) is 31.4 Å². The summed E-state index contributed by atoms with van der Waals surface area (Å²) in [5.74, 6) is 0.744. The first-order valence-electron chi connectivity index (χ1n) is 8.48. The van der Waals surface area contributed by atoms with Crippen molar-refractivity contribution in [2.45, 2.75) is 25.0 Å². The van der Waals surface area contributed by atoms with Crippen LogP contribution in [0.2, 0.25) is 0 Å². The van der Waals surface area contributed by atoms with E-state index in [0.29, 0.717) is 16.4 Å². The third-order valence-corrected chi connectivity index (χ3v) is 4.72. The molecule has 2 aromatic heterocycles. The fraction of sp³-hybridized carbons (Fsp3) is 0.211. The molecule has 8 heteroatoms. The summed E-state index contributed by atoms with van der Waals surface area (Å²) in [6, 6.07) is 12.8. The number of thioether (sulfide) groups is 1. The average Bonchev–Trinajstić information content (AvgIpc) is 3.10. The van der Waals surface area contributed by atoms with E-state index in [-0.39, 0.29) is 11.7 Å². The van der Waals surface area contributed by atoms with Crippen LogP contribution in [0.1, 0.15) is 18.9 Å². The molecule has 0 aliphatic carbocycles. The van der Waals surface area contributed by atoms with Crippen molar-refractivity contribution >= 4 is 23.4 Å². The number of amides is 1. The number of rotatable bonds is 7. The molecule has 0 saturated carbocycles. The van der Waals surface area contributed by atoms with Crippen molar-refractivity contribution in [3.05, 3.63) is 54.4 Å². The van der Waals surface area contributed by atoms with E-state index in [1.54, 1.807) is 36.7 Å². The van der Waals surface area contributed by atoms with Gasteiger partial charge in [-0.1, -0.05) is 30.8 Å². The first-order chi connectivity index (χ1) is 13.2. The lowest BCUT2D eigenvalue weighted by molar-refractivity contribution is -0.113. The molecule has 0 aliphatic heterocycles. The zero-order valence-electron chi connectivity index (χ0n) is 14.8. The van der Waals surface area contributed by atoms with Crippen molar-refractivity contribution in [2.24, 2.45) is 0 Å². The van der Waals surface area contributed by atoms with Gasteiger partial charge in [-0.05, 0) is 30.7 Å². The highest BCUT2D eigenvalue weighted by Crippen LogP contribution is 2.24. The van der Waals surface area contributed by atoms with Gasteiger partial charge in [-0.3, -0.25) is 9.78 Å². The molecule has 2 heterocycles. The molecule has 3 aromatic rings. The maximum atomic E-state index is 12.3. The van der Waals surface area contributed by atoms with Crippen LogP contribution >= 0.6 is 11.8 Å². The molecule has 0 saturated heterocycles. The van der Waals surface area contributed by atoms with Gasteiger partial charge in [0.2, 0.25) is 5.91 Å². The number of benzene rings is 1. The Labute approximate surface area is 161 Å². The van der Waals surface area contributed by atoms with E-state index in [2.05, 4.69) is 33.5 Å². The number of hydrogen-bond donors (Lipinski definition) is 1. The Bertz CT molecular complexity index is 964. The fourth-order valence-electron chi connectivity index (χ4n) is 2.54. The maximum Gasteiger partial charge on any atom is 0.234 e. The number of anilines is 1.